The number of benzene rings is 2. The van der Waals surface area contributed by atoms with Crippen LogP contribution in [0.5, 0.6) is 5.75 Å². The zero-order valence-corrected chi connectivity index (χ0v) is 11.9. The predicted octanol–water partition coefficient (Wildman–Crippen LogP) is 5.14. The smallest absolute Gasteiger partial charge is 0.387 e. The number of hydrogen-bond acceptors (Lipinski definition) is 2. The lowest BCUT2D eigenvalue weighted by Crippen LogP contribution is -2.03. The molecule has 0 radical (unpaired) electrons. The molecule has 0 aliphatic heterocycles. The molecular weight excluding hydrogens is 321 g/mol. The highest BCUT2D eigenvalue weighted by Crippen LogP contribution is 2.32. The van der Waals surface area contributed by atoms with Crippen molar-refractivity contribution in [1.82, 2.24) is 9.97 Å². The fourth-order valence-electron chi connectivity index (χ4n) is 1.99. The first kappa shape index (κ1) is 14.1. The molecule has 0 aliphatic carbocycles. The summed E-state index contributed by atoms with van der Waals surface area (Å²) in [5.74, 6) is 0.448. The summed E-state index contributed by atoms with van der Waals surface area (Å²) in [6.45, 7) is -2.90. The van der Waals surface area contributed by atoms with Crippen molar-refractivity contribution in [2.24, 2.45) is 0 Å². The van der Waals surface area contributed by atoms with Crippen molar-refractivity contribution < 1.29 is 13.5 Å². The Labute approximate surface area is 128 Å². The number of nitrogens with one attached hydrogen (secondary N) is 1. The van der Waals surface area contributed by atoms with Crippen molar-refractivity contribution in [3.8, 4) is 17.1 Å². The molecule has 0 bridgehead atoms. The van der Waals surface area contributed by atoms with Gasteiger partial charge in [0.25, 0.3) is 0 Å². The van der Waals surface area contributed by atoms with E-state index in [-0.39, 0.29) is 5.75 Å². The second-order valence-corrected chi connectivity index (χ2v) is 5.06. The van der Waals surface area contributed by atoms with Crippen LogP contribution in [0.15, 0.2) is 36.4 Å². The minimum Gasteiger partial charge on any atom is -0.434 e. The molecule has 0 saturated carbocycles. The Balaban J connectivity index is 2.12. The first-order valence-corrected chi connectivity index (χ1v) is 6.69. The van der Waals surface area contributed by atoms with E-state index in [0.29, 0.717) is 32.5 Å². The number of imidazole rings is 1. The zero-order valence-electron chi connectivity index (χ0n) is 10.4. The predicted molar refractivity (Wildman–Crippen MR) is 78.2 cm³/mol. The summed E-state index contributed by atoms with van der Waals surface area (Å²) < 4.78 is 29.4. The number of aromatic nitrogens is 2. The summed E-state index contributed by atoms with van der Waals surface area (Å²) in [7, 11) is 0. The minimum absolute atomic E-state index is 0.0451. The van der Waals surface area contributed by atoms with E-state index in [1.807, 2.05) is 0 Å². The molecule has 1 N–H and O–H groups in total. The number of halogens is 4. The standard InChI is InChI=1S/C14H8Cl2F2N2O/c15-8-5-10-11(6-9(8)16)20-13(19-10)7-3-1-2-4-12(7)21-14(17)18/h1-6,14H,(H,19,20). The zero-order chi connectivity index (χ0) is 15.0. The summed E-state index contributed by atoms with van der Waals surface area (Å²) in [6, 6.07) is 9.65. The van der Waals surface area contributed by atoms with Gasteiger partial charge in [-0.3, -0.25) is 0 Å². The molecule has 0 aliphatic rings. The Bertz CT molecular complexity index is 766. The quantitative estimate of drug-likeness (QED) is 0.723. The van der Waals surface area contributed by atoms with Crippen LogP contribution in [-0.2, 0) is 0 Å². The molecule has 3 nitrogen and oxygen atoms in total. The van der Waals surface area contributed by atoms with E-state index >= 15 is 0 Å². The van der Waals surface area contributed by atoms with E-state index in [1.54, 1.807) is 30.3 Å². The van der Waals surface area contributed by atoms with Crippen molar-refractivity contribution in [1.29, 1.82) is 0 Å². The van der Waals surface area contributed by atoms with Gasteiger partial charge in [-0.15, -0.1) is 0 Å². The average Bonchev–Trinajstić information content (AvgIpc) is 2.82. The Morgan fingerprint density at radius 1 is 1.10 bits per heavy atom. The number of rotatable bonds is 3. The number of aromatic amines is 1. The molecule has 0 spiro atoms. The Morgan fingerprint density at radius 3 is 2.57 bits per heavy atom. The Kier molecular flexibility index (Phi) is 3.69. The van der Waals surface area contributed by atoms with Gasteiger partial charge >= 0.3 is 6.61 Å². The van der Waals surface area contributed by atoms with E-state index in [2.05, 4.69) is 14.7 Å². The SMILES string of the molecule is FC(F)Oc1ccccc1-c1nc2cc(Cl)c(Cl)cc2[nH]1. The van der Waals surface area contributed by atoms with Crippen LogP contribution >= 0.6 is 23.2 Å². The van der Waals surface area contributed by atoms with Gasteiger partial charge in [-0.1, -0.05) is 35.3 Å². The molecule has 3 rings (SSSR count). The molecule has 0 atom stereocenters. The van der Waals surface area contributed by atoms with Gasteiger partial charge in [-0.05, 0) is 24.3 Å². The van der Waals surface area contributed by atoms with Crippen molar-refractivity contribution in [2.75, 3.05) is 0 Å². The number of alkyl halides is 2. The van der Waals surface area contributed by atoms with Crippen LogP contribution in [0.2, 0.25) is 10.0 Å². The number of ether oxygens (including phenoxy) is 1. The maximum Gasteiger partial charge on any atom is 0.387 e. The monoisotopic (exact) mass is 328 g/mol. The molecule has 0 saturated heterocycles. The molecule has 1 heterocycles. The molecule has 108 valence electrons. The van der Waals surface area contributed by atoms with E-state index in [1.165, 1.54) is 6.07 Å². The summed E-state index contributed by atoms with van der Waals surface area (Å²) in [5.41, 5.74) is 1.68. The van der Waals surface area contributed by atoms with Crippen molar-refractivity contribution in [3.05, 3.63) is 46.4 Å². The summed E-state index contributed by atoms with van der Waals surface area (Å²) in [5, 5.41) is 0.760. The topological polar surface area (TPSA) is 37.9 Å². The third kappa shape index (κ3) is 2.80. The summed E-state index contributed by atoms with van der Waals surface area (Å²) in [6.07, 6.45) is 0. The summed E-state index contributed by atoms with van der Waals surface area (Å²) >= 11 is 11.9. The highest BCUT2D eigenvalue weighted by molar-refractivity contribution is 6.42. The molecule has 2 aromatic carbocycles. The molecular formula is C14H8Cl2F2N2O. The van der Waals surface area contributed by atoms with E-state index in [9.17, 15) is 8.78 Å². The van der Waals surface area contributed by atoms with Crippen molar-refractivity contribution in [2.45, 2.75) is 6.61 Å². The number of H-pyrrole nitrogens is 1. The van der Waals surface area contributed by atoms with Gasteiger partial charge in [0.05, 0.1) is 26.6 Å². The fraction of sp³-hybridized carbons (Fsp3) is 0.0714. The Hall–Kier alpha value is -1.85. The number of fused-ring (bicyclic) bond motifs is 1. The van der Waals surface area contributed by atoms with Gasteiger partial charge in [0.15, 0.2) is 0 Å². The highest BCUT2D eigenvalue weighted by Gasteiger charge is 2.14. The number of hydrogen-bond donors (Lipinski definition) is 1. The van der Waals surface area contributed by atoms with Crippen LogP contribution < -0.4 is 4.74 Å². The van der Waals surface area contributed by atoms with E-state index in [4.69, 9.17) is 23.2 Å². The largest absolute Gasteiger partial charge is 0.434 e. The average molecular weight is 329 g/mol. The van der Waals surface area contributed by atoms with Gasteiger partial charge in [-0.2, -0.15) is 8.78 Å². The van der Waals surface area contributed by atoms with Crippen LogP contribution in [-0.4, -0.2) is 16.6 Å². The third-order valence-corrected chi connectivity index (χ3v) is 3.60. The molecule has 1 aromatic heterocycles. The van der Waals surface area contributed by atoms with Gasteiger partial charge in [0.2, 0.25) is 0 Å². The van der Waals surface area contributed by atoms with E-state index in [0.717, 1.165) is 0 Å². The second-order valence-electron chi connectivity index (χ2n) is 4.24. The maximum atomic E-state index is 12.4. The first-order chi connectivity index (χ1) is 10.0. The lowest BCUT2D eigenvalue weighted by atomic mass is 10.2. The van der Waals surface area contributed by atoms with Gasteiger partial charge in [-0.25, -0.2) is 4.98 Å². The maximum absolute atomic E-state index is 12.4. The van der Waals surface area contributed by atoms with Crippen LogP contribution in [0.1, 0.15) is 0 Å². The number of nitrogens with zero attached hydrogens (tertiary/aromatic N) is 1. The molecule has 21 heavy (non-hydrogen) atoms. The Morgan fingerprint density at radius 2 is 1.81 bits per heavy atom. The lowest BCUT2D eigenvalue weighted by Gasteiger charge is -2.08. The van der Waals surface area contributed by atoms with Gasteiger partial charge < -0.3 is 9.72 Å². The molecule has 7 heteroatoms. The summed E-state index contributed by atoms with van der Waals surface area (Å²) in [4.78, 5) is 7.34. The van der Waals surface area contributed by atoms with Crippen LogP contribution in [0.25, 0.3) is 22.4 Å². The molecule has 0 unspecified atom stereocenters. The normalized spacial score (nSPS) is 11.3. The van der Waals surface area contributed by atoms with Crippen LogP contribution in [0.3, 0.4) is 0 Å². The van der Waals surface area contributed by atoms with Crippen LogP contribution in [0, 0.1) is 0 Å². The second kappa shape index (κ2) is 5.50. The van der Waals surface area contributed by atoms with Gasteiger partial charge in [0, 0.05) is 0 Å². The third-order valence-electron chi connectivity index (χ3n) is 2.88. The molecule has 3 aromatic rings. The van der Waals surface area contributed by atoms with Crippen molar-refractivity contribution in [3.63, 3.8) is 0 Å². The van der Waals surface area contributed by atoms with Crippen molar-refractivity contribution >= 4 is 34.2 Å². The van der Waals surface area contributed by atoms with Crippen LogP contribution in [0.4, 0.5) is 8.78 Å². The van der Waals surface area contributed by atoms with E-state index < -0.39 is 6.61 Å². The number of para-hydroxylation sites is 1. The fourth-order valence-corrected chi connectivity index (χ4v) is 2.32. The highest BCUT2D eigenvalue weighted by atomic mass is 35.5. The van der Waals surface area contributed by atoms with Gasteiger partial charge in [0.1, 0.15) is 11.6 Å². The lowest BCUT2D eigenvalue weighted by molar-refractivity contribution is -0.0494. The first-order valence-electron chi connectivity index (χ1n) is 5.93. The molecule has 0 amide bonds. The molecule has 0 fully saturated rings. The minimum atomic E-state index is -2.90.